The van der Waals surface area contributed by atoms with Crippen molar-refractivity contribution in [3.63, 3.8) is 0 Å². The smallest absolute Gasteiger partial charge is 0.252 e. The molecule has 1 atom stereocenters. The van der Waals surface area contributed by atoms with Gasteiger partial charge in [-0.1, -0.05) is 0 Å². The fourth-order valence-corrected chi connectivity index (χ4v) is 4.21. The zero-order chi connectivity index (χ0) is 26.4. The van der Waals surface area contributed by atoms with E-state index in [4.69, 9.17) is 28.3 Å². The van der Waals surface area contributed by atoms with Crippen LogP contribution >= 0.6 is 0 Å². The average Bonchev–Trinajstić information content (AvgIpc) is 3.44. The van der Waals surface area contributed by atoms with Crippen molar-refractivity contribution in [1.29, 1.82) is 0 Å². The van der Waals surface area contributed by atoms with Gasteiger partial charge in [0.05, 0.1) is 51.5 Å². The largest absolute Gasteiger partial charge is 0.497 e. The monoisotopic (exact) mass is 506 g/mol. The second-order valence-corrected chi connectivity index (χ2v) is 8.32. The molecule has 0 aliphatic rings. The topological polar surface area (TPSA) is 112 Å². The van der Waals surface area contributed by atoms with Gasteiger partial charge in [-0.25, -0.2) is 4.98 Å². The van der Waals surface area contributed by atoms with Gasteiger partial charge in [0.2, 0.25) is 5.75 Å². The molecule has 0 bridgehead atoms. The summed E-state index contributed by atoms with van der Waals surface area (Å²) in [6.07, 6.45) is 2.41. The fraction of sp³-hybridized carbons (Fsp3) is 0.286. The number of hydrogen-bond donors (Lipinski definition) is 2. The van der Waals surface area contributed by atoms with E-state index in [0.29, 0.717) is 63.6 Å². The molecule has 0 unspecified atom stereocenters. The molecule has 4 rings (SSSR count). The third-order valence-electron chi connectivity index (χ3n) is 6.06. The molecule has 9 heteroatoms. The first-order valence-electron chi connectivity index (χ1n) is 11.7. The standard InChI is InChI=1S/C28H30N2O7/c1-33-19-7-8-23-21(15-19)22(28(32)29-18(9-10-31)14-20-6-5-11-37-20)16-24(30-23)17-12-25(34-2)27(36-4)26(13-17)35-3/h5-8,11-13,15-16,18,31H,9-10,14H2,1-4H3,(H,29,32)/t18-/m1/s1. The Morgan fingerprint density at radius 3 is 2.35 bits per heavy atom. The molecule has 0 saturated carbocycles. The number of amides is 1. The molecule has 194 valence electrons. The van der Waals surface area contributed by atoms with Gasteiger partial charge in [-0.05, 0) is 55.0 Å². The lowest BCUT2D eigenvalue weighted by Gasteiger charge is -2.19. The molecular formula is C28H30N2O7. The minimum Gasteiger partial charge on any atom is -0.497 e. The van der Waals surface area contributed by atoms with E-state index >= 15 is 0 Å². The molecule has 0 saturated heterocycles. The molecule has 9 nitrogen and oxygen atoms in total. The number of pyridine rings is 1. The first kappa shape index (κ1) is 25.8. The molecule has 2 heterocycles. The summed E-state index contributed by atoms with van der Waals surface area (Å²) < 4.78 is 27.3. The van der Waals surface area contributed by atoms with Crippen molar-refractivity contribution >= 4 is 16.8 Å². The molecular weight excluding hydrogens is 476 g/mol. The molecule has 4 aromatic rings. The van der Waals surface area contributed by atoms with Gasteiger partial charge in [-0.3, -0.25) is 4.79 Å². The van der Waals surface area contributed by atoms with Crippen LogP contribution in [0, 0.1) is 0 Å². The van der Waals surface area contributed by atoms with Crippen molar-refractivity contribution in [2.45, 2.75) is 18.9 Å². The number of rotatable bonds is 11. The molecule has 0 aliphatic heterocycles. The number of carbonyl (C=O) groups excluding carboxylic acids is 1. The number of hydrogen-bond acceptors (Lipinski definition) is 8. The molecule has 0 fully saturated rings. The van der Waals surface area contributed by atoms with E-state index in [1.165, 1.54) is 7.11 Å². The number of benzene rings is 2. The maximum absolute atomic E-state index is 13.6. The second kappa shape index (κ2) is 11.7. The van der Waals surface area contributed by atoms with Crippen LogP contribution in [0.3, 0.4) is 0 Å². The summed E-state index contributed by atoms with van der Waals surface area (Å²) in [6.45, 7) is -0.0761. The molecule has 2 aromatic heterocycles. The van der Waals surface area contributed by atoms with Gasteiger partial charge < -0.3 is 33.8 Å². The lowest BCUT2D eigenvalue weighted by atomic mass is 10.0. The van der Waals surface area contributed by atoms with Gasteiger partial charge in [0.25, 0.3) is 5.91 Å². The Balaban J connectivity index is 1.81. The van der Waals surface area contributed by atoms with Crippen LogP contribution in [0.1, 0.15) is 22.5 Å². The minimum absolute atomic E-state index is 0.0761. The zero-order valence-corrected chi connectivity index (χ0v) is 21.2. The fourth-order valence-electron chi connectivity index (χ4n) is 4.21. The van der Waals surface area contributed by atoms with E-state index < -0.39 is 0 Å². The van der Waals surface area contributed by atoms with Gasteiger partial charge in [0.1, 0.15) is 11.5 Å². The van der Waals surface area contributed by atoms with Crippen molar-refractivity contribution in [2.75, 3.05) is 35.0 Å². The molecule has 37 heavy (non-hydrogen) atoms. The number of ether oxygens (including phenoxy) is 4. The summed E-state index contributed by atoms with van der Waals surface area (Å²) in [6, 6.07) is 14.0. The highest BCUT2D eigenvalue weighted by Gasteiger charge is 2.21. The number of aliphatic hydroxyl groups is 1. The van der Waals surface area contributed by atoms with Gasteiger partial charge in [-0.2, -0.15) is 0 Å². The van der Waals surface area contributed by atoms with Crippen LogP contribution < -0.4 is 24.3 Å². The summed E-state index contributed by atoms with van der Waals surface area (Å²) >= 11 is 0. The third-order valence-corrected chi connectivity index (χ3v) is 6.06. The number of furan rings is 1. The van der Waals surface area contributed by atoms with Crippen LogP contribution in [-0.2, 0) is 6.42 Å². The Bertz CT molecular complexity index is 1340. The van der Waals surface area contributed by atoms with Crippen molar-refractivity contribution in [2.24, 2.45) is 0 Å². The Labute approximate surface area is 214 Å². The van der Waals surface area contributed by atoms with Gasteiger partial charge in [0.15, 0.2) is 11.5 Å². The van der Waals surface area contributed by atoms with E-state index in [0.717, 1.165) is 5.76 Å². The second-order valence-electron chi connectivity index (χ2n) is 8.32. The number of aromatic nitrogens is 1. The first-order chi connectivity index (χ1) is 18.0. The molecule has 0 aliphatic carbocycles. The Morgan fingerprint density at radius 1 is 1.00 bits per heavy atom. The molecule has 2 aromatic carbocycles. The highest BCUT2D eigenvalue weighted by atomic mass is 16.5. The summed E-state index contributed by atoms with van der Waals surface area (Å²) in [4.78, 5) is 18.4. The third kappa shape index (κ3) is 5.62. The van der Waals surface area contributed by atoms with Gasteiger partial charge >= 0.3 is 0 Å². The number of carbonyl (C=O) groups is 1. The number of aliphatic hydroxyl groups excluding tert-OH is 1. The number of methoxy groups -OCH3 is 4. The van der Waals surface area contributed by atoms with Crippen molar-refractivity contribution in [3.05, 3.63) is 66.1 Å². The van der Waals surface area contributed by atoms with E-state index in [1.807, 2.05) is 6.07 Å². The average molecular weight is 507 g/mol. The predicted octanol–water partition coefficient (Wildman–Crippen LogP) is 4.25. The van der Waals surface area contributed by atoms with Crippen LogP contribution in [0.15, 0.2) is 59.2 Å². The maximum atomic E-state index is 13.6. The molecule has 0 radical (unpaired) electrons. The quantitative estimate of drug-likeness (QED) is 0.311. The van der Waals surface area contributed by atoms with Crippen molar-refractivity contribution in [1.82, 2.24) is 10.3 Å². The number of nitrogens with one attached hydrogen (secondary N) is 1. The van der Waals surface area contributed by atoms with Crippen LogP contribution in [0.2, 0.25) is 0 Å². The highest BCUT2D eigenvalue weighted by molar-refractivity contribution is 6.07. The Kier molecular flexibility index (Phi) is 8.15. The Morgan fingerprint density at radius 2 is 1.76 bits per heavy atom. The lowest BCUT2D eigenvalue weighted by molar-refractivity contribution is 0.0930. The van der Waals surface area contributed by atoms with Crippen LogP contribution in [0.4, 0.5) is 0 Å². The zero-order valence-electron chi connectivity index (χ0n) is 21.2. The highest BCUT2D eigenvalue weighted by Crippen LogP contribution is 2.41. The van der Waals surface area contributed by atoms with Crippen molar-refractivity contribution < 1.29 is 33.3 Å². The predicted molar refractivity (Wildman–Crippen MR) is 139 cm³/mol. The van der Waals surface area contributed by atoms with Crippen LogP contribution in [0.5, 0.6) is 23.0 Å². The number of fused-ring (bicyclic) bond motifs is 1. The SMILES string of the molecule is COc1ccc2nc(-c3cc(OC)c(OC)c(OC)c3)cc(C(=O)N[C@H](CCO)Cc3ccco3)c2c1. The molecule has 0 spiro atoms. The van der Waals surface area contributed by atoms with Gasteiger partial charge in [-0.15, -0.1) is 0 Å². The number of nitrogens with zero attached hydrogens (tertiary/aromatic N) is 1. The summed E-state index contributed by atoms with van der Waals surface area (Å²) in [5.74, 6) is 2.42. The molecule has 1 amide bonds. The van der Waals surface area contributed by atoms with Gasteiger partial charge in [0, 0.05) is 30.0 Å². The minimum atomic E-state index is -0.331. The van der Waals surface area contributed by atoms with Crippen LogP contribution in [-0.4, -0.2) is 57.1 Å². The van der Waals surface area contributed by atoms with E-state index in [2.05, 4.69) is 5.32 Å². The maximum Gasteiger partial charge on any atom is 0.252 e. The molecule has 2 N–H and O–H groups in total. The summed E-state index contributed by atoms with van der Waals surface area (Å²) in [5.41, 5.74) is 2.26. The van der Waals surface area contributed by atoms with E-state index in [1.54, 1.807) is 70.1 Å². The normalized spacial score (nSPS) is 11.7. The van der Waals surface area contributed by atoms with Crippen LogP contribution in [0.25, 0.3) is 22.2 Å². The summed E-state index contributed by atoms with van der Waals surface area (Å²) in [7, 11) is 6.19. The Hall–Kier alpha value is -4.24. The van der Waals surface area contributed by atoms with Crippen molar-refractivity contribution in [3.8, 4) is 34.3 Å². The van der Waals surface area contributed by atoms with E-state index in [9.17, 15) is 9.90 Å². The summed E-state index contributed by atoms with van der Waals surface area (Å²) in [5, 5.41) is 13.3. The van der Waals surface area contributed by atoms with E-state index in [-0.39, 0.29) is 18.6 Å². The lowest BCUT2D eigenvalue weighted by Crippen LogP contribution is -2.37. The first-order valence-corrected chi connectivity index (χ1v) is 11.7.